The quantitative estimate of drug-likeness (QED) is 0.163. The minimum Gasteiger partial charge on any atom is -0.472 e. The van der Waals surface area contributed by atoms with Gasteiger partial charge in [0.25, 0.3) is 0 Å². The molecule has 6 atom stereocenters. The van der Waals surface area contributed by atoms with Crippen molar-refractivity contribution in [2.75, 3.05) is 31.1 Å². The topological polar surface area (TPSA) is 93.2 Å². The van der Waals surface area contributed by atoms with E-state index < -0.39 is 47.2 Å². The number of anilines is 1. The number of terminal acetylenes is 1. The first-order chi connectivity index (χ1) is 25.7. The number of rotatable bonds is 4. The molecule has 0 aliphatic carbocycles. The van der Waals surface area contributed by atoms with Crippen molar-refractivity contribution in [1.29, 1.82) is 0 Å². The Balaban J connectivity index is 1.22. The van der Waals surface area contributed by atoms with E-state index in [9.17, 15) is 9.18 Å². The molecule has 0 spiro atoms. The van der Waals surface area contributed by atoms with Crippen LogP contribution in [-0.4, -0.2) is 98.6 Å². The van der Waals surface area contributed by atoms with Gasteiger partial charge < -0.3 is 19.1 Å². The Morgan fingerprint density at radius 1 is 1.13 bits per heavy atom. The highest BCUT2D eigenvalue weighted by Crippen LogP contribution is 2.48. The van der Waals surface area contributed by atoms with Crippen LogP contribution in [0.4, 0.5) is 23.8 Å². The standard InChI is InChI=1S/C41H41F3N6O4/c1-7-26-28(43)13-11-23-9-8-10-27(30(23)26)33-32(44)34-31-36(47-38(46-34)52-20-41-15-21(2)17-48(41)18-24(42)16-41)49-19-25-12-14-29(35(49)22(3)53-37(31)45-33)50(25)39(51)54-40(4,5)6/h1,8-11,13,22,24-25,29,35H,2,12,14-20H2,3-6H3/t22-,24+,25+,29-,35+,41?/m0/s1. The summed E-state index contributed by atoms with van der Waals surface area (Å²) in [5.41, 5.74) is -0.286. The van der Waals surface area contributed by atoms with Crippen LogP contribution in [0.3, 0.4) is 0 Å². The van der Waals surface area contributed by atoms with E-state index in [1.54, 1.807) is 24.3 Å². The van der Waals surface area contributed by atoms with Gasteiger partial charge in [-0.2, -0.15) is 9.97 Å². The molecular weight excluding hydrogens is 697 g/mol. The van der Waals surface area contributed by atoms with Gasteiger partial charge in [0.1, 0.15) is 52.7 Å². The highest BCUT2D eigenvalue weighted by atomic mass is 19.1. The van der Waals surface area contributed by atoms with Crippen LogP contribution in [0.2, 0.25) is 0 Å². The van der Waals surface area contributed by atoms with E-state index in [-0.39, 0.29) is 71.3 Å². The largest absolute Gasteiger partial charge is 0.472 e. The van der Waals surface area contributed by atoms with Crippen molar-refractivity contribution >= 4 is 33.6 Å². The van der Waals surface area contributed by atoms with Crippen LogP contribution in [0.15, 0.2) is 42.5 Å². The molecule has 13 heteroatoms. The SMILES string of the molecule is C#Cc1c(F)ccc2cccc(-c3nc4c5c(nc(OCC67CC(=C)CN6C[C@H](F)C7)nc5c3F)N3C[C@H]5CC[C@@H]([C@H]3[C@H](C)O4)N5C(=O)OC(C)(C)C)c12. The number of carbonyl (C=O) groups is 1. The van der Waals surface area contributed by atoms with Gasteiger partial charge in [-0.05, 0) is 58.4 Å². The molecular formula is C41H41F3N6O4. The van der Waals surface area contributed by atoms with Crippen molar-refractivity contribution < 1.29 is 32.2 Å². The van der Waals surface area contributed by atoms with Crippen molar-refractivity contribution in [2.24, 2.45) is 0 Å². The number of benzene rings is 2. The summed E-state index contributed by atoms with van der Waals surface area (Å²) in [4.78, 5) is 34.0. The number of ether oxygens (including phenoxy) is 3. The highest BCUT2D eigenvalue weighted by Gasteiger charge is 2.54. The van der Waals surface area contributed by atoms with E-state index >= 15 is 8.78 Å². The third kappa shape index (κ3) is 5.35. The van der Waals surface area contributed by atoms with E-state index in [0.29, 0.717) is 42.5 Å². The predicted octanol–water partition coefficient (Wildman–Crippen LogP) is 6.96. The van der Waals surface area contributed by atoms with Crippen LogP contribution in [0.25, 0.3) is 32.9 Å². The summed E-state index contributed by atoms with van der Waals surface area (Å²) < 4.78 is 66.1. The summed E-state index contributed by atoms with van der Waals surface area (Å²) in [6.45, 7) is 12.9. The van der Waals surface area contributed by atoms with E-state index in [2.05, 4.69) is 27.3 Å². The van der Waals surface area contributed by atoms with Crippen LogP contribution in [-0.2, 0) is 4.74 Å². The lowest BCUT2D eigenvalue weighted by atomic mass is 9.93. The van der Waals surface area contributed by atoms with Crippen LogP contribution >= 0.6 is 0 Å². The lowest BCUT2D eigenvalue weighted by molar-refractivity contribution is 0.000936. The molecule has 1 amide bonds. The number of halogens is 3. The second-order valence-corrected chi connectivity index (χ2v) is 16.4. The number of pyridine rings is 1. The Labute approximate surface area is 311 Å². The van der Waals surface area contributed by atoms with Gasteiger partial charge >= 0.3 is 12.1 Å². The van der Waals surface area contributed by atoms with E-state index in [1.807, 2.05) is 32.6 Å². The Kier molecular flexibility index (Phi) is 7.84. The molecule has 54 heavy (non-hydrogen) atoms. The van der Waals surface area contributed by atoms with E-state index in [1.165, 1.54) is 6.07 Å². The molecule has 280 valence electrons. The van der Waals surface area contributed by atoms with Gasteiger partial charge in [-0.15, -0.1) is 6.42 Å². The average molecular weight is 739 g/mol. The van der Waals surface area contributed by atoms with Crippen molar-refractivity contribution in [3.05, 3.63) is 59.7 Å². The van der Waals surface area contributed by atoms with Gasteiger partial charge in [0, 0.05) is 37.0 Å². The van der Waals surface area contributed by atoms with Crippen LogP contribution in [0, 0.1) is 24.0 Å². The number of piperazine rings is 1. The molecule has 10 nitrogen and oxygen atoms in total. The van der Waals surface area contributed by atoms with Crippen LogP contribution < -0.4 is 14.4 Å². The first kappa shape index (κ1) is 34.7. The predicted molar refractivity (Wildman–Crippen MR) is 197 cm³/mol. The Hall–Kier alpha value is -5.09. The summed E-state index contributed by atoms with van der Waals surface area (Å²) in [6.07, 6.45) is 6.11. The van der Waals surface area contributed by atoms with Crippen LogP contribution in [0.5, 0.6) is 11.9 Å². The number of fused-ring (bicyclic) bond motifs is 7. The summed E-state index contributed by atoms with van der Waals surface area (Å²) in [7, 11) is 0. The molecule has 2 aromatic heterocycles. The maximum Gasteiger partial charge on any atom is 0.410 e. The molecule has 5 aliphatic rings. The molecule has 0 radical (unpaired) electrons. The smallest absolute Gasteiger partial charge is 0.410 e. The Bertz CT molecular complexity index is 2310. The normalized spacial score (nSPS) is 27.4. The Morgan fingerprint density at radius 2 is 1.94 bits per heavy atom. The van der Waals surface area contributed by atoms with Crippen LogP contribution in [0.1, 0.15) is 58.9 Å². The number of hydrogen-bond acceptors (Lipinski definition) is 9. The molecule has 2 bridgehead atoms. The first-order valence-corrected chi connectivity index (χ1v) is 18.5. The number of nitrogens with zero attached hydrogens (tertiary/aromatic N) is 6. The third-order valence-electron chi connectivity index (χ3n) is 11.6. The number of amides is 1. The molecule has 5 aliphatic heterocycles. The molecule has 2 aromatic carbocycles. The minimum atomic E-state index is -1.01. The van der Waals surface area contributed by atoms with Gasteiger partial charge in [0.2, 0.25) is 5.88 Å². The molecule has 0 N–H and O–H groups in total. The van der Waals surface area contributed by atoms with Gasteiger partial charge in [0.05, 0.1) is 29.2 Å². The number of carbonyl (C=O) groups excluding carboxylic acids is 1. The zero-order chi connectivity index (χ0) is 37.8. The summed E-state index contributed by atoms with van der Waals surface area (Å²) in [5, 5.41) is 1.19. The van der Waals surface area contributed by atoms with Crippen molar-refractivity contribution in [3.63, 3.8) is 0 Å². The molecule has 9 rings (SSSR count). The fraction of sp³-hybridized carbons (Fsp3) is 0.463. The third-order valence-corrected chi connectivity index (χ3v) is 11.6. The van der Waals surface area contributed by atoms with Crippen molar-refractivity contribution in [2.45, 2.75) is 94.9 Å². The van der Waals surface area contributed by atoms with E-state index in [0.717, 1.165) is 12.0 Å². The maximum atomic E-state index is 17.4. The second-order valence-electron chi connectivity index (χ2n) is 16.4. The zero-order valence-electron chi connectivity index (χ0n) is 30.7. The van der Waals surface area contributed by atoms with Crippen molar-refractivity contribution in [1.82, 2.24) is 24.8 Å². The summed E-state index contributed by atoms with van der Waals surface area (Å²) in [5.74, 6) is 1.49. The number of aromatic nitrogens is 3. The minimum absolute atomic E-state index is 0.0166. The van der Waals surface area contributed by atoms with Gasteiger partial charge in [-0.3, -0.25) is 9.80 Å². The lowest BCUT2D eigenvalue weighted by Gasteiger charge is -2.48. The number of alkyl halides is 1. The van der Waals surface area contributed by atoms with Gasteiger partial charge in [-0.25, -0.2) is 22.9 Å². The zero-order valence-corrected chi connectivity index (χ0v) is 30.7. The molecule has 0 saturated carbocycles. The van der Waals surface area contributed by atoms with E-state index in [4.69, 9.17) is 30.6 Å². The fourth-order valence-electron chi connectivity index (χ4n) is 9.60. The lowest BCUT2D eigenvalue weighted by Crippen LogP contribution is -2.65. The molecule has 4 saturated heterocycles. The second kappa shape index (κ2) is 12.2. The first-order valence-electron chi connectivity index (χ1n) is 18.5. The molecule has 1 unspecified atom stereocenters. The summed E-state index contributed by atoms with van der Waals surface area (Å²) >= 11 is 0. The fourth-order valence-corrected chi connectivity index (χ4v) is 9.60. The van der Waals surface area contributed by atoms with Crippen molar-refractivity contribution in [3.8, 4) is 35.5 Å². The van der Waals surface area contributed by atoms with Gasteiger partial charge in [0.15, 0.2) is 5.82 Å². The molecule has 4 aromatic rings. The maximum absolute atomic E-state index is 17.4. The number of hydrogen-bond donors (Lipinski definition) is 0. The summed E-state index contributed by atoms with van der Waals surface area (Å²) in [6, 6.07) is 6.99. The molecule has 7 heterocycles. The monoisotopic (exact) mass is 738 g/mol. The molecule has 4 fully saturated rings. The Morgan fingerprint density at radius 3 is 2.72 bits per heavy atom. The highest BCUT2D eigenvalue weighted by molar-refractivity contribution is 6.03. The van der Waals surface area contributed by atoms with Gasteiger partial charge in [-0.1, -0.05) is 42.3 Å². The average Bonchev–Trinajstić information content (AvgIpc) is 3.67.